The van der Waals surface area contributed by atoms with Gasteiger partial charge in [-0.05, 0) is 38.5 Å². The predicted octanol–water partition coefficient (Wildman–Crippen LogP) is 2.41. The van der Waals surface area contributed by atoms with Crippen molar-refractivity contribution in [2.24, 2.45) is 0 Å². The molecule has 0 aliphatic carbocycles. The molecule has 0 bridgehead atoms. The quantitative estimate of drug-likeness (QED) is 0.904. The number of aromatic nitrogens is 1. The third-order valence-corrected chi connectivity index (χ3v) is 4.73. The van der Waals surface area contributed by atoms with Crippen LogP contribution in [0, 0.1) is 6.92 Å². The van der Waals surface area contributed by atoms with Crippen molar-refractivity contribution in [3.05, 3.63) is 63.6 Å². The van der Waals surface area contributed by atoms with Crippen LogP contribution >= 0.6 is 0 Å². The van der Waals surface area contributed by atoms with Gasteiger partial charge in [0.2, 0.25) is 0 Å². The molecule has 0 saturated heterocycles. The van der Waals surface area contributed by atoms with Crippen LogP contribution < -0.4 is 10.7 Å². The largest absolute Gasteiger partial charge is 0.348 e. The Hall–Kier alpha value is -2.21. The van der Waals surface area contributed by atoms with Gasteiger partial charge in [0, 0.05) is 52.5 Å². The van der Waals surface area contributed by atoms with Gasteiger partial charge in [0.1, 0.15) is 5.56 Å². The lowest BCUT2D eigenvalue weighted by atomic mass is 10.2. The molecular formula is C18H22N2O3S. The normalized spacial score (nSPS) is 12.2. The number of carbonyl (C=O) groups is 1. The molecule has 1 aromatic heterocycles. The fourth-order valence-corrected chi connectivity index (χ4v) is 2.97. The number of carbonyl (C=O) groups excluding carboxylic acids is 1. The second-order valence-corrected chi connectivity index (χ2v) is 7.35. The lowest BCUT2D eigenvalue weighted by Crippen LogP contribution is -2.29. The molecule has 0 spiro atoms. The number of hydrogen-bond donors (Lipinski definition) is 1. The van der Waals surface area contributed by atoms with Crippen molar-refractivity contribution in [2.75, 3.05) is 6.26 Å². The minimum absolute atomic E-state index is 0.139. The van der Waals surface area contributed by atoms with E-state index in [9.17, 15) is 13.8 Å². The summed E-state index contributed by atoms with van der Waals surface area (Å²) in [6, 6.07) is 8.83. The monoisotopic (exact) mass is 346 g/mol. The van der Waals surface area contributed by atoms with Crippen LogP contribution in [0.3, 0.4) is 0 Å². The third kappa shape index (κ3) is 4.20. The summed E-state index contributed by atoms with van der Waals surface area (Å²) in [5.74, 6) is -0.391. The highest BCUT2D eigenvalue weighted by atomic mass is 32.2. The molecule has 6 heteroatoms. The van der Waals surface area contributed by atoms with E-state index in [0.717, 1.165) is 16.2 Å². The number of benzene rings is 1. The third-order valence-electron chi connectivity index (χ3n) is 3.79. The first-order valence-corrected chi connectivity index (χ1v) is 9.28. The first kappa shape index (κ1) is 18.1. The van der Waals surface area contributed by atoms with Crippen LogP contribution in [0.25, 0.3) is 0 Å². The molecule has 2 aromatic rings. The molecule has 5 nitrogen and oxygen atoms in total. The maximum Gasteiger partial charge on any atom is 0.257 e. The summed E-state index contributed by atoms with van der Waals surface area (Å²) < 4.78 is 13.3. The number of nitrogens with one attached hydrogen (secondary N) is 1. The Morgan fingerprint density at radius 3 is 2.42 bits per heavy atom. The van der Waals surface area contributed by atoms with Crippen molar-refractivity contribution in [1.29, 1.82) is 0 Å². The Labute approximate surface area is 144 Å². The fourth-order valence-electron chi connectivity index (χ4n) is 2.45. The first-order valence-electron chi connectivity index (χ1n) is 7.73. The highest BCUT2D eigenvalue weighted by Gasteiger charge is 2.13. The van der Waals surface area contributed by atoms with Crippen LogP contribution in [-0.4, -0.2) is 20.9 Å². The Balaban J connectivity index is 2.14. The summed E-state index contributed by atoms with van der Waals surface area (Å²) in [7, 11) is -1.02. The molecule has 1 unspecified atom stereocenters. The molecular weight excluding hydrogens is 324 g/mol. The van der Waals surface area contributed by atoms with Gasteiger partial charge in [-0.2, -0.15) is 0 Å². The van der Waals surface area contributed by atoms with E-state index in [2.05, 4.69) is 5.32 Å². The van der Waals surface area contributed by atoms with Crippen molar-refractivity contribution in [3.63, 3.8) is 0 Å². The van der Waals surface area contributed by atoms with Crippen LogP contribution in [0.4, 0.5) is 0 Å². The van der Waals surface area contributed by atoms with Crippen LogP contribution in [0.1, 0.15) is 41.5 Å². The fraction of sp³-hybridized carbons (Fsp3) is 0.333. The van der Waals surface area contributed by atoms with E-state index in [0.29, 0.717) is 6.54 Å². The average Bonchev–Trinajstić information content (AvgIpc) is 2.52. The zero-order chi connectivity index (χ0) is 17.9. The maximum absolute atomic E-state index is 12.3. The smallest absolute Gasteiger partial charge is 0.257 e. The van der Waals surface area contributed by atoms with E-state index in [4.69, 9.17) is 0 Å². The molecule has 1 N–H and O–H groups in total. The summed E-state index contributed by atoms with van der Waals surface area (Å²) in [6.45, 7) is 6.16. The van der Waals surface area contributed by atoms with Crippen LogP contribution in [0.5, 0.6) is 0 Å². The Bertz CT molecular complexity index is 823. The minimum Gasteiger partial charge on any atom is -0.348 e. The van der Waals surface area contributed by atoms with E-state index in [1.807, 2.05) is 37.5 Å². The molecule has 0 aliphatic rings. The minimum atomic E-state index is -1.02. The molecule has 0 radical (unpaired) electrons. The van der Waals surface area contributed by atoms with E-state index < -0.39 is 16.7 Å². The number of aryl methyl sites for hydroxylation is 1. The summed E-state index contributed by atoms with van der Waals surface area (Å²) in [4.78, 5) is 25.1. The van der Waals surface area contributed by atoms with Gasteiger partial charge in [0.15, 0.2) is 5.43 Å². The van der Waals surface area contributed by atoms with Gasteiger partial charge < -0.3 is 9.88 Å². The topological polar surface area (TPSA) is 68.2 Å². The van der Waals surface area contributed by atoms with Gasteiger partial charge in [-0.1, -0.05) is 12.1 Å². The number of nitrogens with zero attached hydrogens (tertiary/aromatic N) is 1. The van der Waals surface area contributed by atoms with Gasteiger partial charge in [-0.3, -0.25) is 13.8 Å². The summed E-state index contributed by atoms with van der Waals surface area (Å²) >= 11 is 0. The summed E-state index contributed by atoms with van der Waals surface area (Å²) in [6.07, 6.45) is 3.23. The maximum atomic E-state index is 12.3. The highest BCUT2D eigenvalue weighted by molar-refractivity contribution is 7.84. The van der Waals surface area contributed by atoms with E-state index in [-0.39, 0.29) is 17.0 Å². The van der Waals surface area contributed by atoms with Crippen molar-refractivity contribution >= 4 is 16.7 Å². The highest BCUT2D eigenvalue weighted by Crippen LogP contribution is 2.10. The van der Waals surface area contributed by atoms with Crippen LogP contribution in [0.15, 0.2) is 46.2 Å². The van der Waals surface area contributed by atoms with E-state index in [1.54, 1.807) is 24.6 Å². The van der Waals surface area contributed by atoms with Crippen LogP contribution in [-0.2, 0) is 17.3 Å². The SMILES string of the molecule is Cc1cc(=O)c(C(=O)NCc2ccc(S(C)=O)cc2)cn1C(C)C. The lowest BCUT2D eigenvalue weighted by Gasteiger charge is -2.16. The van der Waals surface area contributed by atoms with Crippen LogP contribution in [0.2, 0.25) is 0 Å². The zero-order valence-corrected chi connectivity index (χ0v) is 15.1. The lowest BCUT2D eigenvalue weighted by molar-refractivity contribution is 0.0949. The predicted molar refractivity (Wildman–Crippen MR) is 95.8 cm³/mol. The van der Waals surface area contributed by atoms with Crippen molar-refractivity contribution in [2.45, 2.75) is 38.3 Å². The van der Waals surface area contributed by atoms with Gasteiger partial charge in [0.05, 0.1) is 0 Å². The summed E-state index contributed by atoms with van der Waals surface area (Å²) in [5, 5.41) is 2.76. The molecule has 2 rings (SSSR count). The number of amides is 1. The van der Waals surface area contributed by atoms with E-state index in [1.165, 1.54) is 6.07 Å². The number of rotatable bonds is 5. The van der Waals surface area contributed by atoms with Crippen molar-refractivity contribution in [3.8, 4) is 0 Å². The molecule has 24 heavy (non-hydrogen) atoms. The van der Waals surface area contributed by atoms with Gasteiger partial charge in [0.25, 0.3) is 5.91 Å². The van der Waals surface area contributed by atoms with Crippen molar-refractivity contribution < 1.29 is 9.00 Å². The Morgan fingerprint density at radius 1 is 1.25 bits per heavy atom. The number of hydrogen-bond acceptors (Lipinski definition) is 3. The molecule has 1 amide bonds. The second-order valence-electron chi connectivity index (χ2n) is 5.97. The van der Waals surface area contributed by atoms with Gasteiger partial charge >= 0.3 is 0 Å². The average molecular weight is 346 g/mol. The van der Waals surface area contributed by atoms with E-state index >= 15 is 0 Å². The number of pyridine rings is 1. The first-order chi connectivity index (χ1) is 11.3. The molecule has 0 saturated carbocycles. The molecule has 1 aromatic carbocycles. The van der Waals surface area contributed by atoms with Crippen molar-refractivity contribution in [1.82, 2.24) is 9.88 Å². The molecule has 128 valence electrons. The van der Waals surface area contributed by atoms with Gasteiger partial charge in [-0.25, -0.2) is 0 Å². The second kappa shape index (κ2) is 7.57. The molecule has 1 heterocycles. The molecule has 1 atom stereocenters. The zero-order valence-electron chi connectivity index (χ0n) is 14.3. The molecule has 0 aliphatic heterocycles. The summed E-state index contributed by atoms with van der Waals surface area (Å²) in [5.41, 5.74) is 1.57. The Morgan fingerprint density at radius 2 is 1.88 bits per heavy atom. The standard InChI is InChI=1S/C18H22N2O3S/c1-12(2)20-11-16(17(21)9-13(20)3)18(22)19-10-14-5-7-15(8-6-14)24(4)23/h5-9,11-12H,10H2,1-4H3,(H,19,22). The molecule has 0 fully saturated rings. The Kier molecular flexibility index (Phi) is 5.72. The van der Waals surface area contributed by atoms with Gasteiger partial charge in [-0.15, -0.1) is 0 Å².